The molecule has 0 aliphatic carbocycles. The third-order valence-electron chi connectivity index (χ3n) is 3.07. The van der Waals surface area contributed by atoms with Crippen LogP contribution >= 0.6 is 0 Å². The van der Waals surface area contributed by atoms with E-state index in [9.17, 15) is 0 Å². The van der Waals surface area contributed by atoms with Crippen molar-refractivity contribution in [1.82, 2.24) is 0 Å². The van der Waals surface area contributed by atoms with E-state index in [4.69, 9.17) is 15.2 Å². The largest absolute Gasteiger partial charge is 0.496 e. The summed E-state index contributed by atoms with van der Waals surface area (Å²) in [5.41, 5.74) is 8.31. The van der Waals surface area contributed by atoms with Crippen LogP contribution in [0.1, 0.15) is 18.5 Å². The predicted octanol–water partition coefficient (Wildman–Crippen LogP) is 1.55. The lowest BCUT2D eigenvalue weighted by atomic mass is 10.0. The summed E-state index contributed by atoms with van der Waals surface area (Å²) < 4.78 is 10.8. The molecule has 17 heavy (non-hydrogen) atoms. The van der Waals surface area contributed by atoms with E-state index >= 15 is 0 Å². The van der Waals surface area contributed by atoms with Gasteiger partial charge >= 0.3 is 0 Å². The highest BCUT2D eigenvalue weighted by Crippen LogP contribution is 2.33. The Hall–Kier alpha value is -1.26. The van der Waals surface area contributed by atoms with Gasteiger partial charge in [-0.15, -0.1) is 0 Å². The second-order valence-corrected chi connectivity index (χ2v) is 4.28. The lowest BCUT2D eigenvalue weighted by molar-refractivity contribution is 0.122. The van der Waals surface area contributed by atoms with Gasteiger partial charge in [0, 0.05) is 30.4 Å². The van der Waals surface area contributed by atoms with Crippen LogP contribution in [0.3, 0.4) is 0 Å². The molecular weight excluding hydrogens is 216 g/mol. The van der Waals surface area contributed by atoms with Crippen molar-refractivity contribution >= 4 is 5.69 Å². The van der Waals surface area contributed by atoms with Crippen LogP contribution in [0.5, 0.6) is 5.75 Å². The van der Waals surface area contributed by atoms with Crippen molar-refractivity contribution in [2.45, 2.75) is 13.0 Å². The number of anilines is 1. The molecule has 4 heteroatoms. The van der Waals surface area contributed by atoms with Gasteiger partial charge in [0.15, 0.2) is 0 Å². The number of methoxy groups -OCH3 is 1. The van der Waals surface area contributed by atoms with E-state index in [0.29, 0.717) is 0 Å². The van der Waals surface area contributed by atoms with E-state index < -0.39 is 0 Å². The fraction of sp³-hybridized carbons (Fsp3) is 0.538. The summed E-state index contributed by atoms with van der Waals surface area (Å²) in [6.07, 6.45) is 0. The second kappa shape index (κ2) is 5.38. The molecule has 1 atom stereocenters. The van der Waals surface area contributed by atoms with Crippen LogP contribution in [0, 0.1) is 0 Å². The zero-order valence-electron chi connectivity index (χ0n) is 10.5. The van der Waals surface area contributed by atoms with Crippen LogP contribution < -0.4 is 15.4 Å². The standard InChI is InChI=1S/C13H20N2O2/c1-10(14)13-11(4-3-5-12(13)16-2)15-6-8-17-9-7-15/h3-5,10H,6-9,14H2,1-2H3/t10-/m0/s1. The Morgan fingerprint density at radius 2 is 2.06 bits per heavy atom. The van der Waals surface area contributed by atoms with Crippen molar-refractivity contribution in [2.75, 3.05) is 38.3 Å². The molecule has 0 bridgehead atoms. The van der Waals surface area contributed by atoms with Gasteiger partial charge in [0.2, 0.25) is 0 Å². The molecule has 0 saturated carbocycles. The first-order valence-electron chi connectivity index (χ1n) is 5.99. The molecule has 4 nitrogen and oxygen atoms in total. The van der Waals surface area contributed by atoms with Crippen LogP contribution in [0.15, 0.2) is 18.2 Å². The van der Waals surface area contributed by atoms with Crippen molar-refractivity contribution in [3.63, 3.8) is 0 Å². The fourth-order valence-electron chi connectivity index (χ4n) is 2.25. The summed E-state index contributed by atoms with van der Waals surface area (Å²) in [5, 5.41) is 0. The molecule has 0 amide bonds. The number of hydrogen-bond acceptors (Lipinski definition) is 4. The third kappa shape index (κ3) is 2.53. The molecule has 0 spiro atoms. The maximum absolute atomic E-state index is 6.06. The Labute approximate surface area is 102 Å². The smallest absolute Gasteiger partial charge is 0.125 e. The highest BCUT2D eigenvalue weighted by atomic mass is 16.5. The minimum atomic E-state index is -0.0380. The van der Waals surface area contributed by atoms with Crippen molar-refractivity contribution in [3.8, 4) is 5.75 Å². The van der Waals surface area contributed by atoms with Crippen molar-refractivity contribution in [2.24, 2.45) is 5.73 Å². The Morgan fingerprint density at radius 3 is 2.65 bits per heavy atom. The Balaban J connectivity index is 2.37. The molecule has 1 aliphatic heterocycles. The molecule has 2 rings (SSSR count). The van der Waals surface area contributed by atoms with Crippen molar-refractivity contribution in [1.29, 1.82) is 0 Å². The van der Waals surface area contributed by atoms with Crippen LogP contribution in [0.4, 0.5) is 5.69 Å². The van der Waals surface area contributed by atoms with Crippen LogP contribution in [-0.2, 0) is 4.74 Å². The van der Waals surface area contributed by atoms with Gasteiger partial charge in [-0.2, -0.15) is 0 Å². The number of morpholine rings is 1. The average Bonchev–Trinajstić information content (AvgIpc) is 2.38. The van der Waals surface area contributed by atoms with Crippen LogP contribution in [0.25, 0.3) is 0 Å². The average molecular weight is 236 g/mol. The lowest BCUT2D eigenvalue weighted by Gasteiger charge is -2.32. The van der Waals surface area contributed by atoms with E-state index in [1.54, 1.807) is 7.11 Å². The molecule has 2 N–H and O–H groups in total. The third-order valence-corrected chi connectivity index (χ3v) is 3.07. The highest BCUT2D eigenvalue weighted by molar-refractivity contribution is 5.61. The number of benzene rings is 1. The summed E-state index contributed by atoms with van der Waals surface area (Å²) in [6.45, 7) is 5.35. The molecule has 1 saturated heterocycles. The van der Waals surface area contributed by atoms with E-state index in [0.717, 1.165) is 37.6 Å². The molecule has 1 aromatic rings. The minimum absolute atomic E-state index is 0.0380. The molecular formula is C13H20N2O2. The number of rotatable bonds is 3. The number of hydrogen-bond donors (Lipinski definition) is 1. The first-order chi connectivity index (χ1) is 8.24. The lowest BCUT2D eigenvalue weighted by Crippen LogP contribution is -2.37. The van der Waals surface area contributed by atoms with E-state index in [2.05, 4.69) is 11.0 Å². The van der Waals surface area contributed by atoms with Gasteiger partial charge in [-0.1, -0.05) is 6.07 Å². The topological polar surface area (TPSA) is 47.7 Å². The maximum Gasteiger partial charge on any atom is 0.125 e. The Kier molecular flexibility index (Phi) is 3.86. The highest BCUT2D eigenvalue weighted by Gasteiger charge is 2.19. The monoisotopic (exact) mass is 236 g/mol. The van der Waals surface area contributed by atoms with Gasteiger partial charge in [-0.3, -0.25) is 0 Å². The van der Waals surface area contributed by atoms with Gasteiger partial charge in [0.05, 0.1) is 20.3 Å². The zero-order valence-corrected chi connectivity index (χ0v) is 10.5. The molecule has 1 aromatic carbocycles. The van der Waals surface area contributed by atoms with E-state index in [1.165, 1.54) is 5.69 Å². The normalized spacial score (nSPS) is 17.9. The van der Waals surface area contributed by atoms with Crippen molar-refractivity contribution < 1.29 is 9.47 Å². The van der Waals surface area contributed by atoms with E-state index in [-0.39, 0.29) is 6.04 Å². The number of nitrogens with two attached hydrogens (primary N) is 1. The van der Waals surface area contributed by atoms with E-state index in [1.807, 2.05) is 19.1 Å². The predicted molar refractivity (Wildman–Crippen MR) is 68.6 cm³/mol. The Bertz CT molecular complexity index is 374. The van der Waals surface area contributed by atoms with Gasteiger partial charge in [-0.25, -0.2) is 0 Å². The molecule has 1 fully saturated rings. The quantitative estimate of drug-likeness (QED) is 0.865. The minimum Gasteiger partial charge on any atom is -0.496 e. The number of ether oxygens (including phenoxy) is 2. The first kappa shape index (κ1) is 12.2. The first-order valence-corrected chi connectivity index (χ1v) is 5.99. The second-order valence-electron chi connectivity index (χ2n) is 4.28. The summed E-state index contributed by atoms with van der Waals surface area (Å²) in [6, 6.07) is 6.04. The molecule has 1 heterocycles. The molecule has 0 radical (unpaired) electrons. The number of nitrogens with zero attached hydrogens (tertiary/aromatic N) is 1. The molecule has 1 aliphatic rings. The molecule has 0 aromatic heterocycles. The summed E-state index contributed by atoms with van der Waals surface area (Å²) >= 11 is 0. The van der Waals surface area contributed by atoms with Gasteiger partial charge < -0.3 is 20.1 Å². The van der Waals surface area contributed by atoms with Crippen LogP contribution in [-0.4, -0.2) is 33.4 Å². The fourth-order valence-corrected chi connectivity index (χ4v) is 2.25. The Morgan fingerprint density at radius 1 is 1.35 bits per heavy atom. The van der Waals surface area contributed by atoms with Gasteiger partial charge in [0.1, 0.15) is 5.75 Å². The maximum atomic E-state index is 6.06. The SMILES string of the molecule is COc1cccc(N2CCOCC2)c1[C@H](C)N. The molecule has 0 unspecified atom stereocenters. The van der Waals surface area contributed by atoms with Crippen LogP contribution in [0.2, 0.25) is 0 Å². The van der Waals surface area contributed by atoms with Crippen molar-refractivity contribution in [3.05, 3.63) is 23.8 Å². The van der Waals surface area contributed by atoms with Gasteiger partial charge in [0.25, 0.3) is 0 Å². The summed E-state index contributed by atoms with van der Waals surface area (Å²) in [5.74, 6) is 0.865. The summed E-state index contributed by atoms with van der Waals surface area (Å²) in [7, 11) is 1.68. The molecule has 94 valence electrons. The van der Waals surface area contributed by atoms with Gasteiger partial charge in [-0.05, 0) is 19.1 Å². The summed E-state index contributed by atoms with van der Waals surface area (Å²) in [4.78, 5) is 2.31. The zero-order chi connectivity index (χ0) is 12.3.